The van der Waals surface area contributed by atoms with E-state index in [9.17, 15) is 24.0 Å². The van der Waals surface area contributed by atoms with Crippen molar-refractivity contribution in [2.45, 2.75) is 19.9 Å². The van der Waals surface area contributed by atoms with E-state index in [0.29, 0.717) is 9.80 Å². The van der Waals surface area contributed by atoms with Crippen LogP contribution in [0, 0.1) is 5.92 Å². The number of nitrogens with one attached hydrogen (secondary N) is 1. The molecule has 9 heteroatoms. The van der Waals surface area contributed by atoms with E-state index in [4.69, 9.17) is 5.11 Å². The lowest BCUT2D eigenvalue weighted by molar-refractivity contribution is -0.145. The van der Waals surface area contributed by atoms with E-state index in [2.05, 4.69) is 5.32 Å². The summed E-state index contributed by atoms with van der Waals surface area (Å²) in [4.78, 5) is 57.8. The number of amides is 5. The second-order valence-corrected chi connectivity index (χ2v) is 4.67. The van der Waals surface area contributed by atoms with Crippen molar-refractivity contribution in [1.82, 2.24) is 15.1 Å². The third-order valence-corrected chi connectivity index (χ3v) is 2.80. The maximum atomic E-state index is 11.7. The van der Waals surface area contributed by atoms with Crippen LogP contribution < -0.4 is 5.32 Å². The Morgan fingerprint density at radius 2 is 1.75 bits per heavy atom. The summed E-state index contributed by atoms with van der Waals surface area (Å²) in [5, 5.41) is 11.1. The fraction of sp³-hybridized carbons (Fsp3) is 0.545. The number of imide groups is 2. The van der Waals surface area contributed by atoms with Gasteiger partial charge >= 0.3 is 23.8 Å². The minimum absolute atomic E-state index is 0.370. The van der Waals surface area contributed by atoms with Gasteiger partial charge in [-0.25, -0.2) is 14.5 Å². The molecule has 0 aromatic rings. The molecule has 0 aliphatic carbocycles. The zero-order valence-corrected chi connectivity index (χ0v) is 11.2. The van der Waals surface area contributed by atoms with Crippen molar-refractivity contribution in [3.63, 3.8) is 0 Å². The number of carbonyl (C=O) groups is 5. The van der Waals surface area contributed by atoms with Gasteiger partial charge in [0.2, 0.25) is 5.91 Å². The Balaban J connectivity index is 2.72. The molecule has 1 atom stereocenters. The monoisotopic (exact) mass is 285 g/mol. The van der Waals surface area contributed by atoms with Crippen LogP contribution >= 0.6 is 0 Å². The van der Waals surface area contributed by atoms with Crippen LogP contribution in [0.2, 0.25) is 0 Å². The molecule has 1 saturated heterocycles. The van der Waals surface area contributed by atoms with Gasteiger partial charge in [0.1, 0.15) is 12.6 Å². The lowest BCUT2D eigenvalue weighted by atomic mass is 10.0. The van der Waals surface area contributed by atoms with E-state index in [0.717, 1.165) is 7.05 Å². The van der Waals surface area contributed by atoms with Gasteiger partial charge in [-0.3, -0.25) is 19.3 Å². The Kier molecular flexibility index (Phi) is 4.43. The van der Waals surface area contributed by atoms with Crippen molar-refractivity contribution in [1.29, 1.82) is 0 Å². The van der Waals surface area contributed by atoms with E-state index in [1.807, 2.05) is 0 Å². The van der Waals surface area contributed by atoms with E-state index in [1.54, 1.807) is 13.8 Å². The molecule has 0 aromatic carbocycles. The number of carbonyl (C=O) groups excluding carboxylic acids is 4. The van der Waals surface area contributed by atoms with E-state index >= 15 is 0 Å². The number of hydrogen-bond acceptors (Lipinski definition) is 5. The molecular weight excluding hydrogens is 270 g/mol. The summed E-state index contributed by atoms with van der Waals surface area (Å²) >= 11 is 0. The normalized spacial score (nSPS) is 16.9. The van der Waals surface area contributed by atoms with Crippen LogP contribution in [-0.2, 0) is 19.2 Å². The van der Waals surface area contributed by atoms with Crippen molar-refractivity contribution in [2.24, 2.45) is 5.92 Å². The summed E-state index contributed by atoms with van der Waals surface area (Å²) in [5.74, 6) is -4.55. The van der Waals surface area contributed by atoms with Crippen molar-refractivity contribution < 1.29 is 29.1 Å². The minimum Gasteiger partial charge on any atom is -0.480 e. The van der Waals surface area contributed by atoms with E-state index < -0.39 is 42.3 Å². The fourth-order valence-electron chi connectivity index (χ4n) is 1.63. The standard InChI is InChI=1S/C11H15N3O6/c1-5(2)7(10(18)19)12-6(15)4-14-9(17)8(16)13(3)11(14)20/h5,7H,4H2,1-3H3,(H,12,15)(H,18,19)/t7-/m0/s1. The number of carboxylic acid groups (broad SMARTS) is 1. The SMILES string of the molecule is CC(C)[C@H](NC(=O)CN1C(=O)C(=O)N(C)C1=O)C(=O)O. The number of nitrogens with zero attached hydrogens (tertiary/aromatic N) is 2. The molecule has 0 saturated carbocycles. The molecule has 1 aliphatic heterocycles. The maximum Gasteiger partial charge on any atom is 0.334 e. The first kappa shape index (κ1) is 15.6. The van der Waals surface area contributed by atoms with Gasteiger partial charge in [-0.15, -0.1) is 0 Å². The van der Waals surface area contributed by atoms with Crippen molar-refractivity contribution in [3.05, 3.63) is 0 Å². The van der Waals surface area contributed by atoms with Gasteiger partial charge in [-0.05, 0) is 5.92 Å². The molecule has 0 bridgehead atoms. The molecule has 9 nitrogen and oxygen atoms in total. The Morgan fingerprint density at radius 3 is 2.10 bits per heavy atom. The Morgan fingerprint density at radius 1 is 1.20 bits per heavy atom. The molecule has 1 rings (SSSR count). The predicted octanol–water partition coefficient (Wildman–Crippen LogP) is -1.37. The van der Waals surface area contributed by atoms with Crippen LogP contribution in [-0.4, -0.2) is 64.3 Å². The summed E-state index contributed by atoms with van der Waals surface area (Å²) in [6, 6.07) is -2.05. The Labute approximate surface area is 114 Å². The van der Waals surface area contributed by atoms with Gasteiger partial charge in [0.25, 0.3) is 0 Å². The van der Waals surface area contributed by atoms with Gasteiger partial charge in [-0.2, -0.15) is 0 Å². The first-order valence-corrected chi connectivity index (χ1v) is 5.82. The van der Waals surface area contributed by atoms with Crippen LogP contribution in [0.25, 0.3) is 0 Å². The number of likely N-dealkylation sites (N-methyl/N-ethyl adjacent to an activating group) is 1. The molecule has 0 aromatic heterocycles. The highest BCUT2D eigenvalue weighted by Gasteiger charge is 2.43. The highest BCUT2D eigenvalue weighted by atomic mass is 16.4. The van der Waals surface area contributed by atoms with Crippen molar-refractivity contribution in [3.8, 4) is 0 Å². The summed E-state index contributed by atoms with van der Waals surface area (Å²) in [7, 11) is 1.12. The second-order valence-electron chi connectivity index (χ2n) is 4.67. The Bertz CT molecular complexity index is 487. The highest BCUT2D eigenvalue weighted by Crippen LogP contribution is 2.09. The summed E-state index contributed by atoms with van der Waals surface area (Å²) in [6.07, 6.45) is 0. The third kappa shape index (κ3) is 2.92. The van der Waals surface area contributed by atoms with Crippen molar-refractivity contribution in [2.75, 3.05) is 13.6 Å². The molecule has 0 radical (unpaired) electrons. The molecule has 110 valence electrons. The van der Waals surface area contributed by atoms with Crippen LogP contribution in [0.3, 0.4) is 0 Å². The molecule has 1 fully saturated rings. The van der Waals surface area contributed by atoms with Gasteiger partial charge in [-0.1, -0.05) is 13.8 Å². The zero-order valence-electron chi connectivity index (χ0n) is 11.2. The molecule has 1 heterocycles. The quantitative estimate of drug-likeness (QED) is 0.474. The first-order chi connectivity index (χ1) is 9.16. The largest absolute Gasteiger partial charge is 0.480 e. The van der Waals surface area contributed by atoms with Crippen LogP contribution in [0.1, 0.15) is 13.8 Å². The molecule has 0 spiro atoms. The summed E-state index contributed by atoms with van der Waals surface area (Å²) < 4.78 is 0. The zero-order chi connectivity index (χ0) is 15.6. The van der Waals surface area contributed by atoms with E-state index in [-0.39, 0.29) is 5.92 Å². The third-order valence-electron chi connectivity index (χ3n) is 2.80. The molecule has 1 aliphatic rings. The smallest absolute Gasteiger partial charge is 0.334 e. The number of hydrogen-bond donors (Lipinski definition) is 2. The second kappa shape index (κ2) is 5.68. The fourth-order valence-corrected chi connectivity index (χ4v) is 1.63. The number of rotatable bonds is 5. The van der Waals surface area contributed by atoms with Gasteiger partial charge in [0.05, 0.1) is 0 Å². The first-order valence-electron chi connectivity index (χ1n) is 5.82. The molecular formula is C11H15N3O6. The number of carboxylic acids is 1. The molecule has 5 amide bonds. The van der Waals surface area contributed by atoms with Gasteiger partial charge in [0.15, 0.2) is 0 Å². The van der Waals surface area contributed by atoms with Gasteiger partial charge in [0, 0.05) is 7.05 Å². The van der Waals surface area contributed by atoms with E-state index in [1.165, 1.54) is 0 Å². The number of urea groups is 1. The molecule has 20 heavy (non-hydrogen) atoms. The summed E-state index contributed by atoms with van der Waals surface area (Å²) in [5.41, 5.74) is 0. The van der Waals surface area contributed by atoms with Crippen LogP contribution in [0.5, 0.6) is 0 Å². The van der Waals surface area contributed by atoms with Gasteiger partial charge < -0.3 is 10.4 Å². The topological polar surface area (TPSA) is 124 Å². The average Bonchev–Trinajstić information content (AvgIpc) is 2.53. The van der Waals surface area contributed by atoms with Crippen molar-refractivity contribution >= 4 is 29.7 Å². The maximum absolute atomic E-state index is 11.7. The molecule has 0 unspecified atom stereocenters. The predicted molar refractivity (Wildman–Crippen MR) is 64.3 cm³/mol. The average molecular weight is 285 g/mol. The van der Waals surface area contributed by atoms with Crippen LogP contribution in [0.4, 0.5) is 4.79 Å². The highest BCUT2D eigenvalue weighted by molar-refractivity contribution is 6.44. The Hall–Kier alpha value is -2.45. The lowest BCUT2D eigenvalue weighted by Gasteiger charge is -2.19. The number of aliphatic carboxylic acids is 1. The van der Waals surface area contributed by atoms with Crippen LogP contribution in [0.15, 0.2) is 0 Å². The minimum atomic E-state index is -1.22. The lowest BCUT2D eigenvalue weighted by Crippen LogP contribution is -2.49. The molecule has 2 N–H and O–H groups in total. The summed E-state index contributed by atoms with van der Waals surface area (Å²) in [6.45, 7) is 2.51.